The van der Waals surface area contributed by atoms with Gasteiger partial charge < -0.3 is 15.3 Å². The molecule has 0 radical (unpaired) electrons. The van der Waals surface area contributed by atoms with Gasteiger partial charge in [0.25, 0.3) is 0 Å². The van der Waals surface area contributed by atoms with Crippen molar-refractivity contribution in [2.75, 3.05) is 20.6 Å². The Morgan fingerprint density at radius 1 is 1.36 bits per heavy atom. The highest BCUT2D eigenvalue weighted by Crippen LogP contribution is 2.19. The molecule has 0 amide bonds. The summed E-state index contributed by atoms with van der Waals surface area (Å²) in [6, 6.07) is 0.314. The minimum absolute atomic E-state index is 0.132. The number of aliphatic hydroxyl groups excluding tert-OH is 1. The fourth-order valence-corrected chi connectivity index (χ4v) is 1.72. The average Bonchev–Trinajstić information content (AvgIpc) is 2.47. The van der Waals surface area contributed by atoms with Crippen LogP contribution in [-0.2, 0) is 0 Å². The van der Waals surface area contributed by atoms with Crippen molar-refractivity contribution in [2.45, 2.75) is 50.8 Å². The lowest BCUT2D eigenvalue weighted by molar-refractivity contribution is 0.129. The van der Waals surface area contributed by atoms with Gasteiger partial charge >= 0.3 is 0 Å². The van der Waals surface area contributed by atoms with Crippen LogP contribution < -0.4 is 5.32 Å². The van der Waals surface area contributed by atoms with Crippen molar-refractivity contribution in [3.63, 3.8) is 0 Å². The molecular weight excluding hydrogens is 176 g/mol. The van der Waals surface area contributed by atoms with Crippen molar-refractivity contribution in [1.29, 1.82) is 0 Å². The summed E-state index contributed by atoms with van der Waals surface area (Å²) in [6.45, 7) is 5.35. The first kappa shape index (κ1) is 12.0. The number of nitrogens with zero attached hydrogens (tertiary/aromatic N) is 1. The highest BCUT2D eigenvalue weighted by Gasteiger charge is 2.27. The van der Waals surface area contributed by atoms with E-state index in [0.29, 0.717) is 6.04 Å². The maximum Gasteiger partial charge on any atom is 0.0693 e. The van der Waals surface area contributed by atoms with Crippen LogP contribution in [0.3, 0.4) is 0 Å². The number of hydrogen-bond donors (Lipinski definition) is 2. The molecule has 0 aliphatic heterocycles. The topological polar surface area (TPSA) is 35.5 Å². The molecule has 1 aliphatic carbocycles. The van der Waals surface area contributed by atoms with E-state index in [4.69, 9.17) is 0 Å². The Balaban J connectivity index is 2.32. The van der Waals surface area contributed by atoms with Crippen LogP contribution >= 0.6 is 0 Å². The van der Waals surface area contributed by atoms with Crippen LogP contribution in [-0.4, -0.2) is 48.3 Å². The second-order valence-corrected chi connectivity index (χ2v) is 5.19. The molecule has 3 heteroatoms. The first-order valence-electron chi connectivity index (χ1n) is 5.52. The monoisotopic (exact) mass is 200 g/mol. The molecule has 0 heterocycles. The molecule has 1 fully saturated rings. The number of likely N-dealkylation sites (N-methyl/N-ethyl adjacent to an activating group) is 1. The third kappa shape index (κ3) is 2.94. The van der Waals surface area contributed by atoms with E-state index >= 15 is 0 Å². The van der Waals surface area contributed by atoms with E-state index in [0.717, 1.165) is 25.8 Å². The molecule has 0 aromatic heterocycles. The molecule has 0 aromatic carbocycles. The van der Waals surface area contributed by atoms with Gasteiger partial charge in [-0.05, 0) is 47.2 Å². The van der Waals surface area contributed by atoms with Gasteiger partial charge in [-0.3, -0.25) is 0 Å². The molecule has 0 aromatic rings. The molecule has 1 aliphatic rings. The summed E-state index contributed by atoms with van der Waals surface area (Å²) >= 11 is 0. The number of rotatable bonds is 4. The third-order valence-corrected chi connectivity index (χ3v) is 3.49. The van der Waals surface area contributed by atoms with Crippen molar-refractivity contribution in [2.24, 2.45) is 0 Å². The van der Waals surface area contributed by atoms with Gasteiger partial charge in [-0.1, -0.05) is 0 Å². The molecule has 0 spiro atoms. The Kier molecular flexibility index (Phi) is 3.93. The summed E-state index contributed by atoms with van der Waals surface area (Å²) < 4.78 is 0. The van der Waals surface area contributed by atoms with Gasteiger partial charge in [-0.15, -0.1) is 0 Å². The lowest BCUT2D eigenvalue weighted by Crippen LogP contribution is -2.50. The fourth-order valence-electron chi connectivity index (χ4n) is 1.72. The quantitative estimate of drug-likeness (QED) is 0.705. The average molecular weight is 200 g/mol. The Bertz CT molecular complexity index is 180. The molecule has 0 saturated heterocycles. The summed E-state index contributed by atoms with van der Waals surface area (Å²) in [6.07, 6.45) is 3.10. The van der Waals surface area contributed by atoms with E-state index in [1.165, 1.54) is 0 Å². The largest absolute Gasteiger partial charge is 0.392 e. The number of aliphatic hydroxyl groups is 1. The molecule has 2 N–H and O–H groups in total. The second kappa shape index (κ2) is 4.60. The van der Waals surface area contributed by atoms with Gasteiger partial charge in [0.1, 0.15) is 0 Å². The van der Waals surface area contributed by atoms with Crippen molar-refractivity contribution in [3.05, 3.63) is 0 Å². The maximum absolute atomic E-state index is 9.65. The van der Waals surface area contributed by atoms with Crippen molar-refractivity contribution in [1.82, 2.24) is 10.2 Å². The molecule has 84 valence electrons. The molecule has 1 saturated carbocycles. The highest BCUT2D eigenvalue weighted by atomic mass is 16.3. The molecule has 0 unspecified atom stereocenters. The molecule has 1 rings (SSSR count). The van der Waals surface area contributed by atoms with Crippen LogP contribution in [0.15, 0.2) is 0 Å². The van der Waals surface area contributed by atoms with E-state index < -0.39 is 0 Å². The Morgan fingerprint density at radius 2 is 2.00 bits per heavy atom. The number of hydrogen-bond acceptors (Lipinski definition) is 3. The zero-order valence-electron chi connectivity index (χ0n) is 9.88. The molecule has 3 nitrogen and oxygen atoms in total. The van der Waals surface area contributed by atoms with Gasteiger partial charge in [-0.2, -0.15) is 0 Å². The molecule has 2 atom stereocenters. The fraction of sp³-hybridized carbons (Fsp3) is 1.00. The van der Waals surface area contributed by atoms with Crippen molar-refractivity contribution in [3.8, 4) is 0 Å². The highest BCUT2D eigenvalue weighted by molar-refractivity contribution is 4.87. The SMILES string of the molecule is CN(C)C(C)(C)CN[C@@H]1CCC[C@H]1O. The van der Waals surface area contributed by atoms with Crippen LogP contribution in [0.1, 0.15) is 33.1 Å². The minimum atomic E-state index is -0.132. The third-order valence-electron chi connectivity index (χ3n) is 3.49. The predicted molar refractivity (Wildman–Crippen MR) is 59.4 cm³/mol. The Hall–Kier alpha value is -0.120. The minimum Gasteiger partial charge on any atom is -0.392 e. The number of nitrogens with one attached hydrogen (secondary N) is 1. The molecule has 0 bridgehead atoms. The summed E-state index contributed by atoms with van der Waals surface area (Å²) in [7, 11) is 4.18. The van der Waals surface area contributed by atoms with Gasteiger partial charge in [0.15, 0.2) is 0 Å². The van der Waals surface area contributed by atoms with Crippen molar-refractivity contribution >= 4 is 0 Å². The Labute approximate surface area is 87.5 Å². The van der Waals surface area contributed by atoms with E-state index in [1.807, 2.05) is 0 Å². The zero-order valence-corrected chi connectivity index (χ0v) is 9.88. The Morgan fingerprint density at radius 3 is 2.43 bits per heavy atom. The lowest BCUT2D eigenvalue weighted by atomic mass is 10.0. The normalized spacial score (nSPS) is 28.7. The predicted octanol–water partition coefficient (Wildman–Crippen LogP) is 0.830. The van der Waals surface area contributed by atoms with E-state index in [1.54, 1.807) is 0 Å². The first-order chi connectivity index (χ1) is 6.43. The van der Waals surface area contributed by atoms with E-state index in [-0.39, 0.29) is 11.6 Å². The lowest BCUT2D eigenvalue weighted by Gasteiger charge is -2.34. The van der Waals surface area contributed by atoms with Crippen molar-refractivity contribution < 1.29 is 5.11 Å². The van der Waals surface area contributed by atoms with Gasteiger partial charge in [-0.25, -0.2) is 0 Å². The molecule has 14 heavy (non-hydrogen) atoms. The van der Waals surface area contributed by atoms with Crippen LogP contribution in [0.25, 0.3) is 0 Å². The van der Waals surface area contributed by atoms with Gasteiger partial charge in [0.2, 0.25) is 0 Å². The van der Waals surface area contributed by atoms with Crippen LogP contribution in [0, 0.1) is 0 Å². The first-order valence-corrected chi connectivity index (χ1v) is 5.52. The van der Waals surface area contributed by atoms with Crippen LogP contribution in [0.2, 0.25) is 0 Å². The zero-order chi connectivity index (χ0) is 10.8. The van der Waals surface area contributed by atoms with E-state index in [2.05, 4.69) is 38.2 Å². The van der Waals surface area contributed by atoms with E-state index in [9.17, 15) is 5.11 Å². The van der Waals surface area contributed by atoms with Gasteiger partial charge in [0.05, 0.1) is 6.10 Å². The van der Waals surface area contributed by atoms with Gasteiger partial charge in [0, 0.05) is 18.1 Å². The summed E-state index contributed by atoms with van der Waals surface area (Å²) in [5.74, 6) is 0. The standard InChI is InChI=1S/C11H24N2O/c1-11(2,13(3)4)8-12-9-6-5-7-10(9)14/h9-10,12,14H,5-8H2,1-4H3/t9-,10-/m1/s1. The van der Waals surface area contributed by atoms with Crippen LogP contribution in [0.4, 0.5) is 0 Å². The smallest absolute Gasteiger partial charge is 0.0693 e. The maximum atomic E-state index is 9.65. The van der Waals surface area contributed by atoms with Crippen LogP contribution in [0.5, 0.6) is 0 Å². The summed E-state index contributed by atoms with van der Waals surface area (Å²) in [5.41, 5.74) is 0.155. The molecular formula is C11H24N2O. The summed E-state index contributed by atoms with van der Waals surface area (Å²) in [4.78, 5) is 2.21. The summed E-state index contributed by atoms with van der Waals surface area (Å²) in [5, 5.41) is 13.1. The second-order valence-electron chi connectivity index (χ2n) is 5.19.